The Morgan fingerprint density at radius 3 is 1.87 bits per heavy atom. The summed E-state index contributed by atoms with van der Waals surface area (Å²) in [6, 6.07) is 0. The largest absolute Gasteiger partial charge is 0.0649 e. The van der Waals surface area contributed by atoms with Crippen molar-refractivity contribution in [2.75, 3.05) is 0 Å². The summed E-state index contributed by atoms with van der Waals surface area (Å²) in [6.45, 7) is 16.6. The molecule has 0 amide bonds. The molecule has 2 atom stereocenters. The minimum absolute atomic E-state index is 0.566. The van der Waals surface area contributed by atoms with Crippen molar-refractivity contribution in [3.05, 3.63) is 0 Å². The van der Waals surface area contributed by atoms with Crippen LogP contribution in [0.5, 0.6) is 0 Å². The molecule has 2 unspecified atom stereocenters. The molecular weight excluding hydrogens is 180 g/mol. The molecule has 0 aliphatic heterocycles. The van der Waals surface area contributed by atoms with Gasteiger partial charge in [-0.25, -0.2) is 0 Å². The van der Waals surface area contributed by atoms with Crippen molar-refractivity contribution in [3.8, 4) is 0 Å². The van der Waals surface area contributed by atoms with Crippen LogP contribution in [0, 0.1) is 23.2 Å². The van der Waals surface area contributed by atoms with Gasteiger partial charge in [-0.3, -0.25) is 0 Å². The van der Waals surface area contributed by atoms with Gasteiger partial charge in [0.05, 0.1) is 0 Å². The second kappa shape index (κ2) is 6.55. The summed E-state index contributed by atoms with van der Waals surface area (Å²) in [5.41, 5.74) is 0.566. The number of hydrogen-bond donors (Lipinski definition) is 0. The Labute approximate surface area is 97.8 Å². The van der Waals surface area contributed by atoms with Gasteiger partial charge in [0.15, 0.2) is 0 Å². The van der Waals surface area contributed by atoms with E-state index in [1.54, 1.807) is 0 Å². The predicted molar refractivity (Wildman–Crippen MR) is 71.1 cm³/mol. The Morgan fingerprint density at radius 2 is 1.53 bits per heavy atom. The Balaban J connectivity index is 3.93. The molecule has 92 valence electrons. The zero-order valence-electron chi connectivity index (χ0n) is 12.1. The van der Waals surface area contributed by atoms with Gasteiger partial charge in [0.25, 0.3) is 0 Å². The molecule has 0 spiro atoms. The summed E-state index contributed by atoms with van der Waals surface area (Å²) >= 11 is 0. The molecule has 0 saturated heterocycles. The minimum atomic E-state index is 0.566. The van der Waals surface area contributed by atoms with Crippen molar-refractivity contribution >= 4 is 0 Å². The van der Waals surface area contributed by atoms with Crippen LogP contribution in [0.4, 0.5) is 0 Å². The first-order chi connectivity index (χ1) is 6.83. The van der Waals surface area contributed by atoms with E-state index in [1.807, 2.05) is 0 Å². The van der Waals surface area contributed by atoms with E-state index in [4.69, 9.17) is 0 Å². The first-order valence-corrected chi connectivity index (χ1v) is 6.83. The summed E-state index contributed by atoms with van der Waals surface area (Å²) in [6.07, 6.45) is 5.53. The maximum Gasteiger partial charge on any atom is -0.0305 e. The fraction of sp³-hybridized carbons (Fsp3) is 1.00. The quantitative estimate of drug-likeness (QED) is 0.521. The average Bonchev–Trinajstić information content (AvgIpc) is 2.16. The lowest BCUT2D eigenvalue weighted by atomic mass is 9.72. The maximum atomic E-state index is 2.46. The highest BCUT2D eigenvalue weighted by Crippen LogP contribution is 2.36. The zero-order valence-corrected chi connectivity index (χ0v) is 12.1. The van der Waals surface area contributed by atoms with Crippen molar-refractivity contribution < 1.29 is 0 Å². The van der Waals surface area contributed by atoms with E-state index in [0.717, 1.165) is 17.8 Å². The molecule has 0 aromatic heterocycles. The molecule has 0 nitrogen and oxygen atoms in total. The van der Waals surface area contributed by atoms with Gasteiger partial charge in [-0.05, 0) is 29.6 Å². The topological polar surface area (TPSA) is 0 Å². The number of rotatable bonds is 7. The van der Waals surface area contributed by atoms with Crippen LogP contribution in [-0.2, 0) is 0 Å². The van der Waals surface area contributed by atoms with E-state index in [0.29, 0.717) is 5.41 Å². The molecule has 15 heavy (non-hydrogen) atoms. The van der Waals surface area contributed by atoms with Gasteiger partial charge < -0.3 is 0 Å². The fourth-order valence-corrected chi connectivity index (χ4v) is 2.03. The molecule has 0 N–H and O–H groups in total. The van der Waals surface area contributed by atoms with E-state index >= 15 is 0 Å². The fourth-order valence-electron chi connectivity index (χ4n) is 2.03. The van der Waals surface area contributed by atoms with Gasteiger partial charge in [0.1, 0.15) is 0 Å². The monoisotopic (exact) mass is 212 g/mol. The van der Waals surface area contributed by atoms with Gasteiger partial charge in [0, 0.05) is 0 Å². The van der Waals surface area contributed by atoms with Gasteiger partial charge in [-0.15, -0.1) is 0 Å². The normalized spacial score (nSPS) is 18.2. The van der Waals surface area contributed by atoms with Crippen molar-refractivity contribution in [3.63, 3.8) is 0 Å². The SMILES string of the molecule is CCC(C)(CCCC(C)C(C)C)C(C)C. The predicted octanol–water partition coefficient (Wildman–Crippen LogP) is 5.52. The van der Waals surface area contributed by atoms with E-state index in [9.17, 15) is 0 Å². The van der Waals surface area contributed by atoms with Crippen LogP contribution >= 0.6 is 0 Å². The first-order valence-electron chi connectivity index (χ1n) is 6.83. The van der Waals surface area contributed by atoms with Gasteiger partial charge >= 0.3 is 0 Å². The summed E-state index contributed by atoms with van der Waals surface area (Å²) < 4.78 is 0. The summed E-state index contributed by atoms with van der Waals surface area (Å²) in [4.78, 5) is 0. The van der Waals surface area contributed by atoms with Gasteiger partial charge in [0.2, 0.25) is 0 Å². The molecule has 0 aromatic carbocycles. The molecule has 0 bridgehead atoms. The third-order valence-electron chi connectivity index (χ3n) is 4.75. The smallest absolute Gasteiger partial charge is 0.0305 e. The Hall–Kier alpha value is 0. The molecule has 0 saturated carbocycles. The van der Waals surface area contributed by atoms with Crippen LogP contribution in [0.3, 0.4) is 0 Å². The van der Waals surface area contributed by atoms with E-state index in [-0.39, 0.29) is 0 Å². The Bertz CT molecular complexity index is 157. The van der Waals surface area contributed by atoms with Gasteiger partial charge in [-0.2, -0.15) is 0 Å². The summed E-state index contributed by atoms with van der Waals surface area (Å²) in [5, 5.41) is 0. The molecule has 0 radical (unpaired) electrons. The molecule has 0 heteroatoms. The Kier molecular flexibility index (Phi) is 6.55. The number of hydrogen-bond acceptors (Lipinski definition) is 0. The van der Waals surface area contributed by atoms with Crippen LogP contribution < -0.4 is 0 Å². The highest BCUT2D eigenvalue weighted by Gasteiger charge is 2.25. The molecule has 0 heterocycles. The Morgan fingerprint density at radius 1 is 1.00 bits per heavy atom. The lowest BCUT2D eigenvalue weighted by Crippen LogP contribution is -2.22. The lowest BCUT2D eigenvalue weighted by molar-refractivity contribution is 0.178. The second-order valence-electron chi connectivity index (χ2n) is 6.28. The second-order valence-corrected chi connectivity index (χ2v) is 6.28. The van der Waals surface area contributed by atoms with Gasteiger partial charge in [-0.1, -0.05) is 67.7 Å². The minimum Gasteiger partial charge on any atom is -0.0649 e. The van der Waals surface area contributed by atoms with E-state index in [2.05, 4.69) is 48.5 Å². The molecular formula is C15H32. The first kappa shape index (κ1) is 15.0. The molecule has 0 aromatic rings. The summed E-state index contributed by atoms with van der Waals surface area (Å²) in [7, 11) is 0. The van der Waals surface area contributed by atoms with Crippen LogP contribution in [0.15, 0.2) is 0 Å². The lowest BCUT2D eigenvalue weighted by Gasteiger charge is -2.33. The average molecular weight is 212 g/mol. The van der Waals surface area contributed by atoms with E-state index in [1.165, 1.54) is 25.7 Å². The van der Waals surface area contributed by atoms with Crippen molar-refractivity contribution in [1.29, 1.82) is 0 Å². The zero-order chi connectivity index (χ0) is 12.1. The highest BCUT2D eigenvalue weighted by molar-refractivity contribution is 4.76. The van der Waals surface area contributed by atoms with Crippen molar-refractivity contribution in [2.24, 2.45) is 23.2 Å². The van der Waals surface area contributed by atoms with Crippen LogP contribution in [0.25, 0.3) is 0 Å². The molecule has 0 fully saturated rings. The third kappa shape index (κ3) is 5.04. The van der Waals surface area contributed by atoms with Crippen molar-refractivity contribution in [2.45, 2.75) is 74.1 Å². The summed E-state index contributed by atoms with van der Waals surface area (Å²) in [5.74, 6) is 2.55. The molecule has 0 aliphatic carbocycles. The molecule has 0 aliphatic rings. The van der Waals surface area contributed by atoms with Crippen LogP contribution in [0.1, 0.15) is 74.1 Å². The highest BCUT2D eigenvalue weighted by atomic mass is 14.3. The maximum absolute atomic E-state index is 2.46. The van der Waals surface area contributed by atoms with E-state index < -0.39 is 0 Å². The van der Waals surface area contributed by atoms with Crippen LogP contribution in [-0.4, -0.2) is 0 Å². The third-order valence-corrected chi connectivity index (χ3v) is 4.75. The standard InChI is InChI=1S/C15H32/c1-8-15(7,13(4)5)11-9-10-14(6)12(2)3/h12-14H,8-11H2,1-7H3. The van der Waals surface area contributed by atoms with Crippen LogP contribution in [0.2, 0.25) is 0 Å². The molecule has 0 rings (SSSR count). The van der Waals surface area contributed by atoms with Crippen molar-refractivity contribution in [1.82, 2.24) is 0 Å².